The Kier molecular flexibility index (Phi) is 47.0. The summed E-state index contributed by atoms with van der Waals surface area (Å²) in [5, 5.41) is 53.4. The number of likely N-dealkylation sites (tertiary alicyclic amines) is 2. The summed E-state index contributed by atoms with van der Waals surface area (Å²) in [7, 11) is -2.56. The molecule has 1 aromatic rings. The summed E-state index contributed by atoms with van der Waals surface area (Å²) in [6, 6.07) is -1.65. The monoisotopic (exact) mass is 1670 g/mol. The second-order valence-corrected chi connectivity index (χ2v) is 31.7. The van der Waals surface area contributed by atoms with Gasteiger partial charge in [0.1, 0.15) is 37.0 Å². The van der Waals surface area contributed by atoms with Crippen LogP contribution in [0.4, 0.5) is 5.69 Å². The van der Waals surface area contributed by atoms with Gasteiger partial charge in [0.05, 0.1) is 131 Å². The maximum atomic E-state index is 14.7. The number of amides is 10. The number of nitrogens with two attached hydrogens (primary N) is 1. The molecule has 0 spiro atoms. The minimum absolute atomic E-state index is 0.00510. The number of guanidine groups is 1. The van der Waals surface area contributed by atoms with Crippen molar-refractivity contribution in [3.05, 3.63) is 28.8 Å². The lowest BCUT2D eigenvalue weighted by molar-refractivity contribution is -0.142. The Morgan fingerprint density at radius 2 is 1.24 bits per heavy atom. The summed E-state index contributed by atoms with van der Waals surface area (Å²) in [5.74, 6) is -7.66. The lowest BCUT2D eigenvalue weighted by Gasteiger charge is -2.38. The predicted molar refractivity (Wildman–Crippen MR) is 424 cm³/mol. The highest BCUT2D eigenvalue weighted by Gasteiger charge is 2.40. The van der Waals surface area contributed by atoms with E-state index in [-0.39, 0.29) is 181 Å². The first kappa shape index (κ1) is 99.4. The van der Waals surface area contributed by atoms with Crippen molar-refractivity contribution < 1.29 is 116 Å². The van der Waals surface area contributed by atoms with E-state index in [9.17, 15) is 77.7 Å². The maximum Gasteiger partial charge on any atom is 0.325 e. The van der Waals surface area contributed by atoms with Crippen LogP contribution in [0.25, 0.3) is 0 Å². The number of rotatable bonds is 58. The predicted octanol–water partition coefficient (Wildman–Crippen LogP) is -2.31. The molecule has 5 rings (SSSR count). The average Bonchev–Trinajstić information content (AvgIpc) is 0.758. The molecule has 0 radical (unpaired) electrons. The number of nitrogens with one attached hydrogen (secondary N) is 8. The zero-order valence-corrected chi connectivity index (χ0v) is 69.6. The second-order valence-electron chi connectivity index (χ2n) is 29.9. The summed E-state index contributed by atoms with van der Waals surface area (Å²) >= 11 is 0. The third-order valence-corrected chi connectivity index (χ3v) is 21.3. The van der Waals surface area contributed by atoms with Gasteiger partial charge < -0.3 is 120 Å². The van der Waals surface area contributed by atoms with Gasteiger partial charge in [-0.2, -0.15) is 0 Å². The van der Waals surface area contributed by atoms with E-state index in [1.54, 1.807) is 24.2 Å². The number of aliphatic hydroxyl groups is 2. The van der Waals surface area contributed by atoms with Crippen LogP contribution in [0.3, 0.4) is 0 Å². The molecular weight excluding hydrogens is 1540 g/mol. The van der Waals surface area contributed by atoms with Crippen molar-refractivity contribution in [1.29, 1.82) is 5.41 Å². The molecule has 4 aliphatic rings. The molecule has 2 saturated heterocycles. The van der Waals surface area contributed by atoms with E-state index >= 15 is 0 Å². The molecule has 0 bridgehead atoms. The number of hydrogen-bond acceptors (Lipinski definition) is 25. The zero-order chi connectivity index (χ0) is 85.0. The number of ether oxygens (including phenoxy) is 8. The Hall–Kier alpha value is -7.18. The Morgan fingerprint density at radius 1 is 0.647 bits per heavy atom. The Morgan fingerprint density at radius 3 is 1.84 bits per heavy atom. The number of hydroxylamine groups is 1. The smallest absolute Gasteiger partial charge is 0.325 e. The fourth-order valence-corrected chi connectivity index (χ4v) is 14.5. The normalized spacial score (nSPS) is 17.7. The van der Waals surface area contributed by atoms with Gasteiger partial charge in [-0.25, -0.2) is 5.48 Å². The first-order chi connectivity index (χ1) is 55.5. The van der Waals surface area contributed by atoms with E-state index < -0.39 is 129 Å². The molecular formula is C76H132N15O24P. The molecule has 0 aromatic heterocycles. The van der Waals surface area contributed by atoms with Gasteiger partial charge in [0.15, 0.2) is 5.96 Å². The first-order valence-electron chi connectivity index (χ1n) is 40.7. The van der Waals surface area contributed by atoms with Gasteiger partial charge in [-0.05, 0) is 120 Å². The molecule has 0 saturated carbocycles. The van der Waals surface area contributed by atoms with Crippen LogP contribution in [0.2, 0.25) is 0 Å². The molecule has 39 nitrogen and oxygen atoms in total. The van der Waals surface area contributed by atoms with E-state index in [1.165, 1.54) is 52.0 Å². The summed E-state index contributed by atoms with van der Waals surface area (Å²) < 4.78 is 57.9. The molecule has 10 amide bonds. The van der Waals surface area contributed by atoms with Crippen LogP contribution in [0, 0.1) is 23.2 Å². The topological polar surface area (TPSA) is 516 Å². The van der Waals surface area contributed by atoms with E-state index in [0.29, 0.717) is 32.2 Å². The van der Waals surface area contributed by atoms with E-state index in [0.717, 1.165) is 63.1 Å². The van der Waals surface area contributed by atoms with Crippen molar-refractivity contribution >= 4 is 78.3 Å². The van der Waals surface area contributed by atoms with E-state index in [4.69, 9.17) is 49.0 Å². The second kappa shape index (κ2) is 54.8. The van der Waals surface area contributed by atoms with Crippen LogP contribution in [0.5, 0.6) is 0 Å². The number of aryl methyl sites for hydroxylation is 1. The number of piperidine rings is 2. The molecule has 1 aromatic carbocycles. The maximum absolute atomic E-state index is 14.7. The summed E-state index contributed by atoms with van der Waals surface area (Å²) in [6.45, 7) is 12.6. The van der Waals surface area contributed by atoms with Crippen molar-refractivity contribution in [2.45, 2.75) is 161 Å². The van der Waals surface area contributed by atoms with Gasteiger partial charge >= 0.3 is 7.60 Å². The number of anilines is 1. The van der Waals surface area contributed by atoms with Crippen molar-refractivity contribution in [2.24, 2.45) is 23.5 Å². The minimum atomic E-state index is -4.47. The quantitative estimate of drug-likeness (QED) is 0.00814. The average molecular weight is 1670 g/mol. The number of hydrogen-bond donors (Lipinski definition) is 14. The summed E-state index contributed by atoms with van der Waals surface area (Å²) in [4.78, 5) is 163. The molecule has 1 aliphatic carbocycles. The van der Waals surface area contributed by atoms with Crippen molar-refractivity contribution in [3.8, 4) is 0 Å². The zero-order valence-electron chi connectivity index (χ0n) is 68.7. The van der Waals surface area contributed by atoms with Gasteiger partial charge in [0.25, 0.3) is 0 Å². The number of aliphatic hydroxyl groups excluding tert-OH is 2. The highest BCUT2D eigenvalue weighted by molar-refractivity contribution is 7.51. The number of nitrogens with zero attached hydrogens (tertiary/aromatic N) is 6. The number of fused-ring (bicyclic) bond motifs is 3. The third kappa shape index (κ3) is 37.0. The molecule has 2 fully saturated rings. The molecule has 40 heteroatoms. The number of benzene rings is 1. The molecule has 116 heavy (non-hydrogen) atoms. The van der Waals surface area contributed by atoms with Crippen LogP contribution in [-0.4, -0.2) is 355 Å². The van der Waals surface area contributed by atoms with Crippen LogP contribution in [0.1, 0.15) is 122 Å². The van der Waals surface area contributed by atoms with Crippen molar-refractivity contribution in [2.75, 3.05) is 209 Å². The molecule has 8 atom stereocenters. The van der Waals surface area contributed by atoms with Crippen LogP contribution in [0.15, 0.2) is 12.1 Å². The van der Waals surface area contributed by atoms with E-state index in [1.807, 2.05) is 31.9 Å². The van der Waals surface area contributed by atoms with Crippen molar-refractivity contribution in [3.63, 3.8) is 0 Å². The number of carbonyl (C=O) groups excluding carboxylic acids is 10. The van der Waals surface area contributed by atoms with Gasteiger partial charge in [0.2, 0.25) is 59.1 Å². The molecule has 15 N–H and O–H groups in total. The summed E-state index contributed by atoms with van der Waals surface area (Å²) in [5.41, 5.74) is 11.3. The van der Waals surface area contributed by atoms with Gasteiger partial charge in [-0.1, -0.05) is 40.2 Å². The Labute approximate surface area is 680 Å². The molecule has 8 unspecified atom stereocenters. The minimum Gasteiger partial charge on any atom is -0.394 e. The summed E-state index contributed by atoms with van der Waals surface area (Å²) in [6.07, 6.45) is 6.55. The fourth-order valence-electron chi connectivity index (χ4n) is 13.9. The molecule has 3 heterocycles. The fraction of sp³-hybridized carbons (Fsp3) is 0.776. The van der Waals surface area contributed by atoms with Gasteiger partial charge in [-0.15, -0.1) is 0 Å². The van der Waals surface area contributed by atoms with Crippen LogP contribution >= 0.6 is 7.60 Å². The third-order valence-electron chi connectivity index (χ3n) is 20.4. The Bertz CT molecular complexity index is 3270. The lowest BCUT2D eigenvalue weighted by Crippen LogP contribution is -2.61. The SMILES string of the molecule is CCC(=O)NC(CC(=O)N(CCCP(=O)(O)O)CCOCCOCCNC(=O)CN(C)CCN1CCCCC1)C(=O)N(CCOCCOCCOCCN1C(=O)C(NC(=O)C(CC(C)C)C(C)C(=O)NO)Cc2c1ccc1c2CCCC1)CCOCCOCCOCC(=O)NC(CO)C(=O)NC(C)C(=O)NC1CCCN(C(=N)N)C1O. The van der Waals surface area contributed by atoms with Gasteiger partial charge in [-0.3, -0.25) is 68.0 Å². The van der Waals surface area contributed by atoms with Gasteiger partial charge in [0, 0.05) is 89.3 Å². The number of carbonyl (C=O) groups is 10. The largest absolute Gasteiger partial charge is 0.394 e. The van der Waals surface area contributed by atoms with Crippen molar-refractivity contribution in [1.82, 2.24) is 61.9 Å². The number of likely N-dealkylation sites (N-methyl/N-ethyl adjacent to an activating group) is 1. The van der Waals surface area contributed by atoms with Crippen LogP contribution in [-0.2, 0) is 110 Å². The van der Waals surface area contributed by atoms with E-state index in [2.05, 4.69) is 42.9 Å². The lowest BCUT2D eigenvalue weighted by atomic mass is 9.82. The first-order valence-corrected chi connectivity index (χ1v) is 42.5. The highest BCUT2D eigenvalue weighted by atomic mass is 31.2. The standard InChI is InChI=1S/C76H132N15O24P/c1-7-65(93)81-62(49-68(96)88(23-14-46-116(105,106)107)27-32-109-37-36-108-31-20-79-66(94)50-86(6)25-26-87-21-11-8-12-22-87)73(101)89(29-34-111-39-42-114-44-45-115-52-67(95)82-63(51-92)72(100)80-55(5)70(98)83-60-17-13-24-91(74(60)102)76(77)78)28-33-110-38-41-113-43-40-112-35-30-90-64-19-18-56-15-9-10-16-57(56)59(64)48-61(75(90)103)84-71(99)58(47-53(2)3)54(4)69(97)85-104/h18-19,53-55,58,60-63,74,92,102,104H,7-17,20-52H2,1-6H3,(H3,77,78)(H,79,94)(H,80,100)(H,81,93)(H,82,95)(H,83,98)(H,84,99)(H,85,97)(H2,105,106,107). The molecule has 660 valence electrons. The molecule has 3 aliphatic heterocycles. The Balaban J connectivity index is 1.12. The highest BCUT2D eigenvalue weighted by Crippen LogP contribution is 2.37. The van der Waals surface area contributed by atoms with Crippen LogP contribution < -0.4 is 48.0 Å².